The van der Waals surface area contributed by atoms with E-state index in [-0.39, 0.29) is 33.4 Å². The number of anilines is 1. The summed E-state index contributed by atoms with van der Waals surface area (Å²) in [6, 6.07) is 9.28. The van der Waals surface area contributed by atoms with E-state index in [1.165, 1.54) is 24.1 Å². The summed E-state index contributed by atoms with van der Waals surface area (Å²) < 4.78 is 0. The fraction of sp³-hybridized carbons (Fsp3) is 0.360. The summed E-state index contributed by atoms with van der Waals surface area (Å²) in [5, 5.41) is 9.30. The first-order valence-electron chi connectivity index (χ1n) is 9.78. The van der Waals surface area contributed by atoms with Crippen molar-refractivity contribution in [3.63, 3.8) is 0 Å². The van der Waals surface area contributed by atoms with Crippen LogP contribution in [0.4, 0.5) is 5.69 Å². The van der Waals surface area contributed by atoms with Gasteiger partial charge in [0.05, 0.1) is 16.8 Å². The van der Waals surface area contributed by atoms with E-state index in [2.05, 4.69) is 51.7 Å². The van der Waals surface area contributed by atoms with Gasteiger partial charge in [-0.2, -0.15) is 0 Å². The van der Waals surface area contributed by atoms with Crippen molar-refractivity contribution in [1.29, 1.82) is 0 Å². The van der Waals surface area contributed by atoms with E-state index in [1.54, 1.807) is 6.07 Å². The molecule has 0 amide bonds. The summed E-state index contributed by atoms with van der Waals surface area (Å²) in [5.74, 6) is 4.60. The zero-order chi connectivity index (χ0) is 21.6. The highest BCUT2D eigenvalue weighted by molar-refractivity contribution is 6.09. The number of carboxylic acid groups (broad SMARTS) is 1. The van der Waals surface area contributed by atoms with E-state index in [0.29, 0.717) is 5.56 Å². The number of fused-ring (bicyclic) bond motifs is 1. The Balaban J connectivity index is 2.07. The van der Waals surface area contributed by atoms with Crippen LogP contribution in [0.2, 0.25) is 0 Å². The Bertz CT molecular complexity index is 1080. The number of rotatable bonds is 2. The molecule has 0 atom stereocenters. The van der Waals surface area contributed by atoms with Crippen LogP contribution in [-0.2, 0) is 10.8 Å². The summed E-state index contributed by atoms with van der Waals surface area (Å²) in [6.45, 7) is 10.4. The number of hydrogen-bond donors (Lipinski definition) is 2. The minimum absolute atomic E-state index is 0.0117. The summed E-state index contributed by atoms with van der Waals surface area (Å²) >= 11 is 0. The maximum Gasteiger partial charge on any atom is 0.336 e. The number of benzene rings is 2. The van der Waals surface area contributed by atoms with Crippen molar-refractivity contribution in [2.24, 2.45) is 0 Å². The third-order valence-electron chi connectivity index (χ3n) is 6.02. The van der Waals surface area contributed by atoms with Gasteiger partial charge in [-0.1, -0.05) is 45.6 Å². The topological polar surface area (TPSA) is 80.4 Å². The van der Waals surface area contributed by atoms with Crippen molar-refractivity contribution in [2.75, 3.05) is 5.73 Å². The van der Waals surface area contributed by atoms with Crippen molar-refractivity contribution in [1.82, 2.24) is 0 Å². The van der Waals surface area contributed by atoms with Gasteiger partial charge in [0.15, 0.2) is 5.78 Å². The summed E-state index contributed by atoms with van der Waals surface area (Å²) in [7, 11) is 0. The summed E-state index contributed by atoms with van der Waals surface area (Å²) in [5.41, 5.74) is 10.4. The van der Waals surface area contributed by atoms with E-state index >= 15 is 0 Å². The van der Waals surface area contributed by atoms with Gasteiger partial charge in [-0.3, -0.25) is 4.79 Å². The number of hydrogen-bond acceptors (Lipinski definition) is 3. The monoisotopic (exact) mass is 389 g/mol. The number of carbonyl (C=O) groups is 2. The lowest BCUT2D eigenvalue weighted by Crippen LogP contribution is -2.33. The van der Waals surface area contributed by atoms with Gasteiger partial charge in [-0.15, -0.1) is 0 Å². The third-order valence-corrected chi connectivity index (χ3v) is 6.02. The molecule has 0 saturated heterocycles. The molecule has 1 aliphatic rings. The van der Waals surface area contributed by atoms with Crippen LogP contribution in [0.5, 0.6) is 0 Å². The molecule has 2 aromatic carbocycles. The molecule has 3 N–H and O–H groups in total. The first-order valence-corrected chi connectivity index (χ1v) is 9.78. The highest BCUT2D eigenvalue weighted by Crippen LogP contribution is 2.45. The standard InChI is InChI=1S/C25H27NO3/c1-15(27)21-18(23(28)29)10-9-17(22(21)26)8-6-16-7-11-19-20(14-16)25(4,5)13-12-24(19,2)3/h7,9-11,14H,12-13,26H2,1-5H3,(H,28,29). The fourth-order valence-corrected chi connectivity index (χ4v) is 4.09. The molecule has 0 aliphatic heterocycles. The zero-order valence-electron chi connectivity index (χ0n) is 17.6. The molecule has 0 unspecified atom stereocenters. The van der Waals surface area contributed by atoms with Crippen molar-refractivity contribution in [3.05, 3.63) is 63.7 Å². The van der Waals surface area contributed by atoms with Gasteiger partial charge < -0.3 is 10.8 Å². The van der Waals surface area contributed by atoms with E-state index in [4.69, 9.17) is 5.73 Å². The van der Waals surface area contributed by atoms with Crippen molar-refractivity contribution in [2.45, 2.75) is 58.3 Å². The molecule has 0 aromatic heterocycles. The lowest BCUT2D eigenvalue weighted by atomic mass is 9.63. The average molecular weight is 389 g/mol. The number of nitrogens with two attached hydrogens (primary N) is 1. The van der Waals surface area contributed by atoms with Crippen molar-refractivity contribution < 1.29 is 14.7 Å². The third kappa shape index (κ3) is 3.78. The molecule has 0 bridgehead atoms. The van der Waals surface area contributed by atoms with Gasteiger partial charge >= 0.3 is 5.97 Å². The lowest BCUT2D eigenvalue weighted by molar-refractivity contribution is 0.0692. The fourth-order valence-electron chi connectivity index (χ4n) is 4.09. The smallest absolute Gasteiger partial charge is 0.336 e. The van der Waals surface area contributed by atoms with Crippen molar-refractivity contribution >= 4 is 17.4 Å². The van der Waals surface area contributed by atoms with E-state index in [1.807, 2.05) is 6.07 Å². The van der Waals surface area contributed by atoms with Crippen LogP contribution < -0.4 is 5.73 Å². The van der Waals surface area contributed by atoms with Crippen LogP contribution in [-0.4, -0.2) is 16.9 Å². The number of ketones is 1. The number of Topliss-reactive ketones (excluding diaryl/α,β-unsaturated/α-hetero) is 1. The second kappa shape index (κ2) is 7.08. The predicted molar refractivity (Wildman–Crippen MR) is 116 cm³/mol. The molecule has 29 heavy (non-hydrogen) atoms. The average Bonchev–Trinajstić information content (AvgIpc) is 2.63. The van der Waals surface area contributed by atoms with E-state index in [0.717, 1.165) is 18.4 Å². The molecular formula is C25H27NO3. The quantitative estimate of drug-likeness (QED) is 0.434. The predicted octanol–water partition coefficient (Wildman–Crippen LogP) is 4.92. The Kier molecular flexibility index (Phi) is 5.04. The van der Waals surface area contributed by atoms with Crippen LogP contribution in [0.1, 0.15) is 90.4 Å². The summed E-state index contributed by atoms with van der Waals surface area (Å²) in [6.07, 6.45) is 2.27. The van der Waals surface area contributed by atoms with Gasteiger partial charge in [-0.25, -0.2) is 4.79 Å². The van der Waals surface area contributed by atoms with Gasteiger partial charge in [0, 0.05) is 11.1 Å². The molecule has 0 radical (unpaired) electrons. The van der Waals surface area contributed by atoms with Gasteiger partial charge in [-0.05, 0) is 66.0 Å². The van der Waals surface area contributed by atoms with Gasteiger partial charge in [0.1, 0.15) is 0 Å². The van der Waals surface area contributed by atoms with E-state index in [9.17, 15) is 14.7 Å². The Labute approximate surface area is 172 Å². The molecule has 3 rings (SSSR count). The second-order valence-electron chi connectivity index (χ2n) is 9.09. The van der Waals surface area contributed by atoms with Crippen LogP contribution in [0.15, 0.2) is 30.3 Å². The minimum Gasteiger partial charge on any atom is -0.478 e. The van der Waals surface area contributed by atoms with Crippen LogP contribution in [0.3, 0.4) is 0 Å². The first-order chi connectivity index (χ1) is 13.4. The first kappa shape index (κ1) is 20.7. The second-order valence-corrected chi connectivity index (χ2v) is 9.09. The molecule has 0 heterocycles. The molecule has 2 aromatic rings. The largest absolute Gasteiger partial charge is 0.478 e. The molecule has 4 nitrogen and oxygen atoms in total. The zero-order valence-corrected chi connectivity index (χ0v) is 17.6. The van der Waals surface area contributed by atoms with Crippen LogP contribution >= 0.6 is 0 Å². The van der Waals surface area contributed by atoms with Gasteiger partial charge in [0.25, 0.3) is 0 Å². The Morgan fingerprint density at radius 3 is 2.17 bits per heavy atom. The molecule has 0 fully saturated rings. The normalized spacial score (nSPS) is 16.3. The number of nitrogen functional groups attached to an aromatic ring is 1. The number of aromatic carboxylic acids is 1. The van der Waals surface area contributed by atoms with Crippen molar-refractivity contribution in [3.8, 4) is 11.8 Å². The maximum atomic E-state index is 11.9. The number of carbonyl (C=O) groups excluding carboxylic acids is 1. The van der Waals surface area contributed by atoms with Gasteiger partial charge in [0.2, 0.25) is 0 Å². The highest BCUT2D eigenvalue weighted by atomic mass is 16.4. The molecular weight excluding hydrogens is 362 g/mol. The minimum atomic E-state index is -1.18. The molecule has 1 aliphatic carbocycles. The highest BCUT2D eigenvalue weighted by Gasteiger charge is 2.36. The molecule has 4 heteroatoms. The van der Waals surface area contributed by atoms with Crippen LogP contribution in [0, 0.1) is 11.8 Å². The molecule has 0 saturated carbocycles. The molecule has 150 valence electrons. The molecule has 0 spiro atoms. The van der Waals surface area contributed by atoms with Crippen LogP contribution in [0.25, 0.3) is 0 Å². The SMILES string of the molecule is CC(=O)c1c(C(=O)O)ccc(C#Cc2ccc3c(c2)C(C)(C)CCC3(C)C)c1N. The Morgan fingerprint density at radius 2 is 1.59 bits per heavy atom. The number of carboxylic acids is 1. The lowest BCUT2D eigenvalue weighted by Gasteiger charge is -2.41. The maximum absolute atomic E-state index is 11.9. The Hall–Kier alpha value is -3.06. The summed E-state index contributed by atoms with van der Waals surface area (Å²) in [4.78, 5) is 23.3. The Morgan fingerprint density at radius 1 is 0.966 bits per heavy atom. The van der Waals surface area contributed by atoms with E-state index < -0.39 is 5.97 Å².